The molecule has 1 unspecified atom stereocenters. The van der Waals surface area contributed by atoms with Crippen molar-refractivity contribution >= 4 is 17.7 Å². The number of aliphatic hydroxyl groups excluding tert-OH is 1. The molecular weight excluding hydrogens is 346 g/mol. The van der Waals surface area contributed by atoms with E-state index in [-0.39, 0.29) is 17.5 Å². The van der Waals surface area contributed by atoms with Gasteiger partial charge in [-0.05, 0) is 23.1 Å². The van der Waals surface area contributed by atoms with Crippen LogP contribution in [0.15, 0.2) is 101 Å². The van der Waals surface area contributed by atoms with Gasteiger partial charge < -0.3 is 5.11 Å². The van der Waals surface area contributed by atoms with Crippen molar-refractivity contribution in [2.45, 2.75) is 18.8 Å². The molecule has 0 saturated heterocycles. The summed E-state index contributed by atoms with van der Waals surface area (Å²) in [6, 6.07) is 27.7. The van der Waals surface area contributed by atoms with Crippen molar-refractivity contribution in [2.75, 3.05) is 0 Å². The largest absolute Gasteiger partial charge is 0.511 e. The number of rotatable bonds is 4. The predicted molar refractivity (Wildman–Crippen MR) is 113 cm³/mol. The number of aliphatic imine (C=N–C) groups is 1. The monoisotopic (exact) mass is 367 g/mol. The molecule has 3 aromatic rings. The van der Waals surface area contributed by atoms with Gasteiger partial charge in [-0.1, -0.05) is 78.9 Å². The van der Waals surface area contributed by atoms with Gasteiger partial charge in [0.15, 0.2) is 5.78 Å². The molecule has 0 bridgehead atoms. The molecule has 4 rings (SSSR count). The lowest BCUT2D eigenvalue weighted by Gasteiger charge is -2.22. The molecule has 0 aliphatic heterocycles. The van der Waals surface area contributed by atoms with Gasteiger partial charge in [-0.25, -0.2) is 0 Å². The Labute approximate surface area is 164 Å². The maximum Gasteiger partial charge on any atom is 0.168 e. The molecule has 1 aliphatic rings. The Bertz CT molecular complexity index is 1040. The first-order chi connectivity index (χ1) is 13.7. The lowest BCUT2D eigenvalue weighted by Crippen LogP contribution is -2.19. The van der Waals surface area contributed by atoms with E-state index in [2.05, 4.69) is 4.99 Å². The van der Waals surface area contributed by atoms with Crippen LogP contribution >= 0.6 is 0 Å². The molecular formula is C25H21NO2. The highest BCUT2D eigenvalue weighted by Crippen LogP contribution is 2.34. The van der Waals surface area contributed by atoms with E-state index in [9.17, 15) is 9.90 Å². The first-order valence-corrected chi connectivity index (χ1v) is 9.41. The number of Topliss-reactive ketones (excluding diaryl/α,β-unsaturated/α-hetero) is 1. The number of aliphatic hydroxyl groups is 1. The fraction of sp³-hybridized carbons (Fsp3) is 0.120. The molecule has 0 fully saturated rings. The average Bonchev–Trinajstić information content (AvgIpc) is 2.74. The third kappa shape index (κ3) is 3.79. The molecule has 3 aromatic carbocycles. The topological polar surface area (TPSA) is 49.7 Å². The second-order valence-electron chi connectivity index (χ2n) is 6.94. The molecule has 1 aliphatic carbocycles. The van der Waals surface area contributed by atoms with Gasteiger partial charge in [0.1, 0.15) is 5.76 Å². The van der Waals surface area contributed by atoms with Crippen molar-refractivity contribution in [1.29, 1.82) is 0 Å². The van der Waals surface area contributed by atoms with Crippen molar-refractivity contribution in [3.05, 3.63) is 102 Å². The summed E-state index contributed by atoms with van der Waals surface area (Å²) in [4.78, 5) is 17.2. The summed E-state index contributed by atoms with van der Waals surface area (Å²) >= 11 is 0. The van der Waals surface area contributed by atoms with Gasteiger partial charge in [-0.15, -0.1) is 0 Å². The molecule has 1 N–H and O–H groups in total. The fourth-order valence-corrected chi connectivity index (χ4v) is 3.60. The minimum Gasteiger partial charge on any atom is -0.511 e. The van der Waals surface area contributed by atoms with Crippen LogP contribution in [0.2, 0.25) is 0 Å². The van der Waals surface area contributed by atoms with Crippen LogP contribution in [-0.4, -0.2) is 17.1 Å². The van der Waals surface area contributed by atoms with Crippen molar-refractivity contribution in [3.8, 4) is 11.1 Å². The molecule has 138 valence electrons. The van der Waals surface area contributed by atoms with Crippen molar-refractivity contribution in [3.63, 3.8) is 0 Å². The van der Waals surface area contributed by atoms with Crippen LogP contribution in [0.1, 0.15) is 24.3 Å². The Morgan fingerprint density at radius 2 is 1.46 bits per heavy atom. The SMILES string of the molecule is O=C1CC(c2ccccc2)CC(O)=C1C=Nc1ccccc1-c1ccccc1. The highest BCUT2D eigenvalue weighted by Gasteiger charge is 2.27. The van der Waals surface area contributed by atoms with Crippen LogP contribution in [0.3, 0.4) is 0 Å². The van der Waals surface area contributed by atoms with Crippen LogP contribution < -0.4 is 0 Å². The van der Waals surface area contributed by atoms with Gasteiger partial charge in [0, 0.05) is 24.6 Å². The summed E-state index contributed by atoms with van der Waals surface area (Å²) in [6.45, 7) is 0. The summed E-state index contributed by atoms with van der Waals surface area (Å²) in [5.74, 6) is 0.0621. The Morgan fingerprint density at radius 3 is 2.18 bits per heavy atom. The van der Waals surface area contributed by atoms with Gasteiger partial charge in [0.2, 0.25) is 0 Å². The number of hydrogen-bond acceptors (Lipinski definition) is 3. The van der Waals surface area contributed by atoms with Crippen LogP contribution in [-0.2, 0) is 4.79 Å². The third-order valence-corrected chi connectivity index (χ3v) is 5.08. The first kappa shape index (κ1) is 17.9. The van der Waals surface area contributed by atoms with Crippen LogP contribution in [0.5, 0.6) is 0 Å². The quantitative estimate of drug-likeness (QED) is 0.574. The minimum absolute atomic E-state index is 0.0162. The number of carbonyl (C=O) groups excluding carboxylic acids is 1. The van der Waals surface area contributed by atoms with Gasteiger partial charge in [0.05, 0.1) is 11.3 Å². The van der Waals surface area contributed by atoms with E-state index in [0.29, 0.717) is 18.4 Å². The average molecular weight is 367 g/mol. The molecule has 28 heavy (non-hydrogen) atoms. The zero-order chi connectivity index (χ0) is 19.3. The Balaban J connectivity index is 1.61. The molecule has 0 radical (unpaired) electrons. The molecule has 3 nitrogen and oxygen atoms in total. The predicted octanol–water partition coefficient (Wildman–Crippen LogP) is 6.01. The summed E-state index contributed by atoms with van der Waals surface area (Å²) in [5.41, 5.74) is 4.22. The second kappa shape index (κ2) is 8.05. The number of para-hydroxylation sites is 1. The highest BCUT2D eigenvalue weighted by molar-refractivity contribution is 6.15. The standard InChI is InChI=1S/C25H21NO2/c27-24-15-20(18-9-3-1-4-10-18)16-25(28)22(24)17-26-23-14-8-7-13-21(23)19-11-5-2-6-12-19/h1-14,17,20,27H,15-16H2. The minimum atomic E-state index is -0.0708. The molecule has 0 heterocycles. The van der Waals surface area contributed by atoms with E-state index in [4.69, 9.17) is 0 Å². The zero-order valence-electron chi connectivity index (χ0n) is 15.5. The van der Waals surface area contributed by atoms with Crippen molar-refractivity contribution < 1.29 is 9.90 Å². The Hall–Kier alpha value is -3.46. The van der Waals surface area contributed by atoms with E-state index in [1.54, 1.807) is 0 Å². The van der Waals surface area contributed by atoms with E-state index in [1.807, 2.05) is 84.9 Å². The number of carbonyl (C=O) groups is 1. The summed E-state index contributed by atoms with van der Waals surface area (Å²) in [5, 5.41) is 10.5. The summed E-state index contributed by atoms with van der Waals surface area (Å²) < 4.78 is 0. The van der Waals surface area contributed by atoms with E-state index in [0.717, 1.165) is 22.4 Å². The Kier molecular flexibility index (Phi) is 5.16. The van der Waals surface area contributed by atoms with Gasteiger partial charge in [-0.2, -0.15) is 0 Å². The van der Waals surface area contributed by atoms with Crippen LogP contribution in [0, 0.1) is 0 Å². The maximum absolute atomic E-state index is 12.7. The van der Waals surface area contributed by atoms with Crippen LogP contribution in [0.4, 0.5) is 5.69 Å². The molecule has 0 amide bonds. The summed E-state index contributed by atoms with van der Waals surface area (Å²) in [6.07, 6.45) is 2.36. The first-order valence-electron chi connectivity index (χ1n) is 9.41. The van der Waals surface area contributed by atoms with Crippen LogP contribution in [0.25, 0.3) is 11.1 Å². The molecule has 0 spiro atoms. The lowest BCUT2D eigenvalue weighted by atomic mass is 9.83. The zero-order valence-corrected chi connectivity index (χ0v) is 15.5. The molecule has 0 aromatic heterocycles. The smallest absolute Gasteiger partial charge is 0.168 e. The third-order valence-electron chi connectivity index (χ3n) is 5.08. The fourth-order valence-electron chi connectivity index (χ4n) is 3.60. The molecule has 0 saturated carbocycles. The van der Waals surface area contributed by atoms with E-state index >= 15 is 0 Å². The van der Waals surface area contributed by atoms with E-state index < -0.39 is 0 Å². The normalized spacial score (nSPS) is 17.3. The van der Waals surface area contributed by atoms with Gasteiger partial charge in [0.25, 0.3) is 0 Å². The molecule has 3 heteroatoms. The van der Waals surface area contributed by atoms with Crippen molar-refractivity contribution in [2.24, 2.45) is 4.99 Å². The van der Waals surface area contributed by atoms with Gasteiger partial charge >= 0.3 is 0 Å². The van der Waals surface area contributed by atoms with Gasteiger partial charge in [-0.3, -0.25) is 9.79 Å². The Morgan fingerprint density at radius 1 is 0.821 bits per heavy atom. The lowest BCUT2D eigenvalue weighted by molar-refractivity contribution is -0.116. The van der Waals surface area contributed by atoms with E-state index in [1.165, 1.54) is 6.21 Å². The number of nitrogens with zero attached hydrogens (tertiary/aromatic N) is 1. The number of allylic oxidation sites excluding steroid dienone is 2. The maximum atomic E-state index is 12.7. The highest BCUT2D eigenvalue weighted by atomic mass is 16.3. The number of ketones is 1. The van der Waals surface area contributed by atoms with Crippen molar-refractivity contribution in [1.82, 2.24) is 0 Å². The molecule has 1 atom stereocenters. The number of hydrogen-bond donors (Lipinski definition) is 1. The number of benzene rings is 3. The second-order valence-corrected chi connectivity index (χ2v) is 6.94. The summed E-state index contributed by atoms with van der Waals surface area (Å²) in [7, 11) is 0.